The number of carbonyl (C=O) groups is 2. The van der Waals surface area contributed by atoms with Crippen LogP contribution in [-0.2, 0) is 9.53 Å². The third-order valence-corrected chi connectivity index (χ3v) is 5.10. The Morgan fingerprint density at radius 1 is 1.23 bits per heavy atom. The Morgan fingerprint density at radius 2 is 1.97 bits per heavy atom. The third kappa shape index (κ3) is 4.69. The van der Waals surface area contributed by atoms with Crippen molar-refractivity contribution in [1.29, 1.82) is 0 Å². The fourth-order valence-corrected chi connectivity index (χ4v) is 3.53. The monoisotopic (exact) mass is 412 g/mol. The molecule has 0 radical (unpaired) electrons. The average molecular weight is 412 g/mol. The summed E-state index contributed by atoms with van der Waals surface area (Å²) in [7, 11) is 5.30. The van der Waals surface area contributed by atoms with Gasteiger partial charge < -0.3 is 19.3 Å². The SMILES string of the molecule is CCOC(=O)C1CCCN(C(=O)c2cnc(-c3ccc(OC)cc3)nc2N(C)C)C1. The number of methoxy groups -OCH3 is 1. The smallest absolute Gasteiger partial charge is 0.310 e. The largest absolute Gasteiger partial charge is 0.497 e. The van der Waals surface area contributed by atoms with Gasteiger partial charge in [0.15, 0.2) is 5.82 Å². The lowest BCUT2D eigenvalue weighted by atomic mass is 9.97. The fraction of sp³-hybridized carbons (Fsp3) is 0.455. The van der Waals surface area contributed by atoms with Crippen LogP contribution in [0.2, 0.25) is 0 Å². The van der Waals surface area contributed by atoms with E-state index in [-0.39, 0.29) is 17.8 Å². The minimum absolute atomic E-state index is 0.172. The Morgan fingerprint density at radius 3 is 2.60 bits per heavy atom. The van der Waals surface area contributed by atoms with E-state index in [1.165, 1.54) is 0 Å². The van der Waals surface area contributed by atoms with Crippen LogP contribution in [0.4, 0.5) is 5.82 Å². The van der Waals surface area contributed by atoms with Crippen molar-refractivity contribution in [1.82, 2.24) is 14.9 Å². The number of anilines is 1. The first-order valence-electron chi connectivity index (χ1n) is 10.1. The molecule has 0 bridgehead atoms. The maximum atomic E-state index is 13.2. The van der Waals surface area contributed by atoms with Crippen LogP contribution in [0.25, 0.3) is 11.4 Å². The Hall–Kier alpha value is -3.16. The van der Waals surface area contributed by atoms with Gasteiger partial charge in [0.25, 0.3) is 5.91 Å². The maximum Gasteiger partial charge on any atom is 0.310 e. The molecule has 160 valence electrons. The van der Waals surface area contributed by atoms with Crippen molar-refractivity contribution in [2.75, 3.05) is 45.8 Å². The standard InChI is InChI=1S/C22H28N4O4/c1-5-30-22(28)16-7-6-12-26(14-16)21(27)18-13-23-19(24-20(18)25(2)3)15-8-10-17(29-4)11-9-15/h8-11,13,16H,5-7,12,14H2,1-4H3. The van der Waals surface area contributed by atoms with Crippen LogP contribution >= 0.6 is 0 Å². The lowest BCUT2D eigenvalue weighted by molar-refractivity contribution is -0.149. The van der Waals surface area contributed by atoms with E-state index >= 15 is 0 Å². The van der Waals surface area contributed by atoms with Crippen LogP contribution in [-0.4, -0.2) is 67.6 Å². The number of hydrogen-bond acceptors (Lipinski definition) is 7. The van der Waals surface area contributed by atoms with Gasteiger partial charge in [0.05, 0.1) is 19.6 Å². The zero-order valence-electron chi connectivity index (χ0n) is 17.9. The van der Waals surface area contributed by atoms with Crippen LogP contribution in [0.5, 0.6) is 5.75 Å². The molecule has 1 aliphatic heterocycles. The summed E-state index contributed by atoms with van der Waals surface area (Å²) in [5, 5.41) is 0. The average Bonchev–Trinajstić information content (AvgIpc) is 2.78. The van der Waals surface area contributed by atoms with Gasteiger partial charge in [-0.1, -0.05) is 0 Å². The summed E-state index contributed by atoms with van der Waals surface area (Å²) in [5.41, 5.74) is 1.25. The highest BCUT2D eigenvalue weighted by molar-refractivity contribution is 5.99. The molecule has 3 rings (SSSR count). The Balaban J connectivity index is 1.85. The highest BCUT2D eigenvalue weighted by atomic mass is 16.5. The Labute approximate surface area is 176 Å². The van der Waals surface area contributed by atoms with E-state index in [1.807, 2.05) is 38.4 Å². The molecule has 2 aromatic rings. The molecule has 8 heteroatoms. The van der Waals surface area contributed by atoms with Gasteiger partial charge in [-0.25, -0.2) is 9.97 Å². The fourth-order valence-electron chi connectivity index (χ4n) is 3.53. The van der Waals surface area contributed by atoms with E-state index in [0.29, 0.717) is 36.9 Å². The molecule has 1 aromatic heterocycles. The van der Waals surface area contributed by atoms with Crippen molar-refractivity contribution in [3.8, 4) is 17.1 Å². The Kier molecular flexibility index (Phi) is 6.87. The van der Waals surface area contributed by atoms with E-state index in [4.69, 9.17) is 9.47 Å². The molecule has 1 amide bonds. The topological polar surface area (TPSA) is 84.9 Å². The predicted octanol–water partition coefficient (Wildman–Crippen LogP) is 2.63. The molecule has 1 atom stereocenters. The number of nitrogens with zero attached hydrogens (tertiary/aromatic N) is 4. The van der Waals surface area contributed by atoms with Crippen LogP contribution in [0.3, 0.4) is 0 Å². The number of amides is 1. The number of piperidine rings is 1. The van der Waals surface area contributed by atoms with Crippen molar-refractivity contribution in [2.45, 2.75) is 19.8 Å². The summed E-state index contributed by atoms with van der Waals surface area (Å²) >= 11 is 0. The van der Waals surface area contributed by atoms with E-state index in [0.717, 1.165) is 24.2 Å². The number of carbonyl (C=O) groups excluding carboxylic acids is 2. The van der Waals surface area contributed by atoms with Gasteiger partial charge >= 0.3 is 5.97 Å². The van der Waals surface area contributed by atoms with E-state index in [1.54, 1.807) is 30.0 Å². The van der Waals surface area contributed by atoms with Gasteiger partial charge in [-0.2, -0.15) is 0 Å². The second-order valence-electron chi connectivity index (χ2n) is 7.40. The minimum Gasteiger partial charge on any atom is -0.497 e. The van der Waals surface area contributed by atoms with E-state index < -0.39 is 0 Å². The summed E-state index contributed by atoms with van der Waals surface area (Å²) in [6, 6.07) is 7.44. The number of likely N-dealkylation sites (tertiary alicyclic amines) is 1. The summed E-state index contributed by atoms with van der Waals surface area (Å²) in [6.07, 6.45) is 3.06. The molecule has 0 saturated carbocycles. The molecular formula is C22H28N4O4. The van der Waals surface area contributed by atoms with Crippen LogP contribution in [0.1, 0.15) is 30.1 Å². The van der Waals surface area contributed by atoms with Gasteiger partial charge in [-0.3, -0.25) is 9.59 Å². The van der Waals surface area contributed by atoms with Crippen molar-refractivity contribution < 1.29 is 19.1 Å². The number of aromatic nitrogens is 2. The van der Waals surface area contributed by atoms with E-state index in [2.05, 4.69) is 9.97 Å². The molecule has 0 spiro atoms. The number of rotatable bonds is 6. The molecule has 1 unspecified atom stereocenters. The summed E-state index contributed by atoms with van der Waals surface area (Å²) in [4.78, 5) is 37.9. The van der Waals surface area contributed by atoms with E-state index in [9.17, 15) is 9.59 Å². The predicted molar refractivity (Wildman–Crippen MR) is 114 cm³/mol. The van der Waals surface area contributed by atoms with Crippen LogP contribution in [0.15, 0.2) is 30.5 Å². The minimum atomic E-state index is -0.287. The number of benzene rings is 1. The molecule has 1 saturated heterocycles. The van der Waals surface area contributed by atoms with Crippen LogP contribution in [0, 0.1) is 5.92 Å². The van der Waals surface area contributed by atoms with Crippen molar-refractivity contribution in [3.05, 3.63) is 36.0 Å². The Bertz CT molecular complexity index is 899. The lowest BCUT2D eigenvalue weighted by Gasteiger charge is -2.32. The zero-order valence-corrected chi connectivity index (χ0v) is 17.9. The molecular weight excluding hydrogens is 384 g/mol. The molecule has 1 fully saturated rings. The maximum absolute atomic E-state index is 13.2. The van der Waals surface area contributed by atoms with Crippen molar-refractivity contribution >= 4 is 17.7 Å². The van der Waals surface area contributed by atoms with Crippen LogP contribution < -0.4 is 9.64 Å². The molecule has 30 heavy (non-hydrogen) atoms. The zero-order chi connectivity index (χ0) is 21.7. The third-order valence-electron chi connectivity index (χ3n) is 5.10. The van der Waals surface area contributed by atoms with Gasteiger partial charge in [-0.15, -0.1) is 0 Å². The first kappa shape index (κ1) is 21.5. The van der Waals surface area contributed by atoms with Gasteiger partial charge in [0, 0.05) is 38.9 Å². The van der Waals surface area contributed by atoms with Gasteiger partial charge in [0.2, 0.25) is 0 Å². The molecule has 1 aromatic carbocycles. The second-order valence-corrected chi connectivity index (χ2v) is 7.40. The number of esters is 1. The van der Waals surface area contributed by atoms with Crippen molar-refractivity contribution in [2.24, 2.45) is 5.92 Å². The second kappa shape index (κ2) is 9.56. The molecule has 0 aliphatic carbocycles. The highest BCUT2D eigenvalue weighted by Gasteiger charge is 2.31. The molecule has 0 N–H and O–H groups in total. The number of ether oxygens (including phenoxy) is 2. The quantitative estimate of drug-likeness (QED) is 0.674. The highest BCUT2D eigenvalue weighted by Crippen LogP contribution is 2.26. The summed E-state index contributed by atoms with van der Waals surface area (Å²) < 4.78 is 10.3. The lowest BCUT2D eigenvalue weighted by Crippen LogP contribution is -2.43. The summed E-state index contributed by atoms with van der Waals surface area (Å²) in [5.74, 6) is 1.12. The van der Waals surface area contributed by atoms with Crippen molar-refractivity contribution in [3.63, 3.8) is 0 Å². The number of hydrogen-bond donors (Lipinski definition) is 0. The first-order chi connectivity index (χ1) is 14.4. The molecule has 8 nitrogen and oxygen atoms in total. The first-order valence-corrected chi connectivity index (χ1v) is 10.1. The molecule has 1 aliphatic rings. The van der Waals surface area contributed by atoms with Gasteiger partial charge in [0.1, 0.15) is 17.1 Å². The summed E-state index contributed by atoms with van der Waals surface area (Å²) in [6.45, 7) is 3.08. The molecule has 2 heterocycles. The van der Waals surface area contributed by atoms with Gasteiger partial charge in [-0.05, 0) is 44.0 Å². The normalized spacial score (nSPS) is 16.1.